The van der Waals surface area contributed by atoms with E-state index in [2.05, 4.69) is 0 Å². The number of hydrogen-bond donors (Lipinski definition) is 0. The molecule has 0 radical (unpaired) electrons. The van der Waals surface area contributed by atoms with Gasteiger partial charge in [-0.3, -0.25) is 9.10 Å². The fourth-order valence-corrected chi connectivity index (χ4v) is 3.73. The summed E-state index contributed by atoms with van der Waals surface area (Å²) in [6.45, 7) is 2.08. The zero-order chi connectivity index (χ0) is 20.0. The van der Waals surface area contributed by atoms with Crippen LogP contribution < -0.4 is 9.04 Å². The number of nitrogens with zero attached hydrogens (tertiary/aromatic N) is 2. The van der Waals surface area contributed by atoms with Crippen LogP contribution in [-0.4, -0.2) is 58.3 Å². The Morgan fingerprint density at radius 3 is 2.32 bits per heavy atom. The molecule has 1 saturated heterocycles. The molecule has 1 fully saturated rings. The van der Waals surface area contributed by atoms with Gasteiger partial charge >= 0.3 is 0 Å². The van der Waals surface area contributed by atoms with Crippen LogP contribution in [0.3, 0.4) is 0 Å². The van der Waals surface area contributed by atoms with Crippen molar-refractivity contribution in [2.24, 2.45) is 0 Å². The second-order valence-electron chi connectivity index (χ2n) is 6.53. The van der Waals surface area contributed by atoms with E-state index in [9.17, 15) is 13.2 Å². The van der Waals surface area contributed by atoms with Gasteiger partial charge in [-0.1, -0.05) is 30.3 Å². The van der Waals surface area contributed by atoms with Crippen LogP contribution in [0.15, 0.2) is 54.6 Å². The third kappa shape index (κ3) is 5.46. The first kappa shape index (κ1) is 20.2. The fourth-order valence-electron chi connectivity index (χ4n) is 2.89. The van der Waals surface area contributed by atoms with E-state index in [0.29, 0.717) is 44.3 Å². The third-order valence-corrected chi connectivity index (χ3v) is 5.56. The van der Waals surface area contributed by atoms with E-state index < -0.39 is 10.0 Å². The molecule has 2 aromatic rings. The number of amides is 1. The van der Waals surface area contributed by atoms with Crippen molar-refractivity contribution in [1.29, 1.82) is 0 Å². The first-order valence-corrected chi connectivity index (χ1v) is 10.9. The highest BCUT2D eigenvalue weighted by molar-refractivity contribution is 7.92. The second-order valence-corrected chi connectivity index (χ2v) is 8.44. The standard InChI is InChI=1S/C20H24N2O5S/c1-28(24,25)22(15-20(23)21-11-13-26-14-12-21)18-7-9-19(10-8-18)27-16-17-5-3-2-4-6-17/h2-10H,11-16H2,1H3. The summed E-state index contributed by atoms with van der Waals surface area (Å²) in [5.41, 5.74) is 1.47. The number of morpholine rings is 1. The van der Waals surface area contributed by atoms with E-state index in [-0.39, 0.29) is 12.5 Å². The van der Waals surface area contributed by atoms with Crippen LogP contribution in [0.2, 0.25) is 0 Å². The molecule has 0 unspecified atom stereocenters. The number of sulfonamides is 1. The maximum atomic E-state index is 12.5. The zero-order valence-electron chi connectivity index (χ0n) is 15.8. The Balaban J connectivity index is 1.67. The van der Waals surface area contributed by atoms with Crippen LogP contribution in [0.4, 0.5) is 5.69 Å². The Hall–Kier alpha value is -2.58. The minimum absolute atomic E-state index is 0.233. The summed E-state index contributed by atoms with van der Waals surface area (Å²) in [5.74, 6) is 0.388. The summed E-state index contributed by atoms with van der Waals surface area (Å²) in [6.07, 6.45) is 1.10. The summed E-state index contributed by atoms with van der Waals surface area (Å²) in [5, 5.41) is 0. The van der Waals surface area contributed by atoms with Gasteiger partial charge in [0.15, 0.2) is 0 Å². The fraction of sp³-hybridized carbons (Fsp3) is 0.350. The van der Waals surface area contributed by atoms with Crippen LogP contribution in [0.5, 0.6) is 5.75 Å². The molecular weight excluding hydrogens is 380 g/mol. The van der Waals surface area contributed by atoms with E-state index in [1.807, 2.05) is 30.3 Å². The average Bonchev–Trinajstić information content (AvgIpc) is 2.71. The summed E-state index contributed by atoms with van der Waals surface area (Å²) in [7, 11) is -3.61. The van der Waals surface area contributed by atoms with E-state index in [4.69, 9.17) is 9.47 Å². The Bertz CT molecular complexity index is 879. The number of ether oxygens (including phenoxy) is 2. The molecule has 7 nitrogen and oxygen atoms in total. The molecule has 1 amide bonds. The van der Waals surface area contributed by atoms with Crippen molar-refractivity contribution in [3.8, 4) is 5.75 Å². The first-order valence-electron chi connectivity index (χ1n) is 9.03. The number of carbonyl (C=O) groups excluding carboxylic acids is 1. The lowest BCUT2D eigenvalue weighted by Gasteiger charge is -2.30. The predicted molar refractivity (Wildman–Crippen MR) is 107 cm³/mol. The molecular formula is C20H24N2O5S. The molecule has 0 aliphatic carbocycles. The van der Waals surface area contributed by atoms with Crippen LogP contribution in [0, 0.1) is 0 Å². The molecule has 0 atom stereocenters. The average molecular weight is 404 g/mol. The highest BCUT2D eigenvalue weighted by atomic mass is 32.2. The zero-order valence-corrected chi connectivity index (χ0v) is 16.6. The van der Waals surface area contributed by atoms with E-state index in [0.717, 1.165) is 16.1 Å². The molecule has 1 heterocycles. The minimum Gasteiger partial charge on any atom is -0.489 e. The predicted octanol–water partition coefficient (Wildman–Crippen LogP) is 1.89. The largest absolute Gasteiger partial charge is 0.489 e. The number of benzene rings is 2. The molecule has 8 heteroatoms. The molecule has 0 aromatic heterocycles. The van der Waals surface area contributed by atoms with Crippen molar-refractivity contribution < 1.29 is 22.7 Å². The molecule has 0 bridgehead atoms. The van der Waals surface area contributed by atoms with Gasteiger partial charge in [0.2, 0.25) is 15.9 Å². The number of rotatable bonds is 7. The lowest BCUT2D eigenvalue weighted by atomic mass is 10.2. The number of anilines is 1. The molecule has 0 saturated carbocycles. The van der Waals surface area contributed by atoms with Crippen molar-refractivity contribution in [3.05, 3.63) is 60.2 Å². The van der Waals surface area contributed by atoms with Crippen molar-refractivity contribution in [2.45, 2.75) is 6.61 Å². The van der Waals surface area contributed by atoms with Crippen molar-refractivity contribution >= 4 is 21.6 Å². The van der Waals surface area contributed by atoms with Crippen LogP contribution in [0.1, 0.15) is 5.56 Å². The monoisotopic (exact) mass is 404 g/mol. The molecule has 28 heavy (non-hydrogen) atoms. The van der Waals surface area contributed by atoms with Gasteiger partial charge in [-0.15, -0.1) is 0 Å². The van der Waals surface area contributed by atoms with Gasteiger partial charge in [-0.05, 0) is 29.8 Å². The summed E-state index contributed by atoms with van der Waals surface area (Å²) in [4.78, 5) is 14.1. The van der Waals surface area contributed by atoms with Crippen molar-refractivity contribution in [1.82, 2.24) is 4.90 Å². The molecule has 0 spiro atoms. The SMILES string of the molecule is CS(=O)(=O)N(CC(=O)N1CCOCC1)c1ccc(OCc2ccccc2)cc1. The normalized spacial score (nSPS) is 14.5. The molecule has 150 valence electrons. The van der Waals surface area contributed by atoms with Crippen LogP contribution in [0.25, 0.3) is 0 Å². The van der Waals surface area contributed by atoms with Gasteiger partial charge in [0.05, 0.1) is 25.2 Å². The van der Waals surface area contributed by atoms with E-state index in [1.54, 1.807) is 29.2 Å². The van der Waals surface area contributed by atoms with Gasteiger partial charge in [0.1, 0.15) is 18.9 Å². The lowest BCUT2D eigenvalue weighted by Crippen LogP contribution is -2.47. The smallest absolute Gasteiger partial charge is 0.243 e. The minimum atomic E-state index is -3.61. The topological polar surface area (TPSA) is 76.2 Å². The van der Waals surface area contributed by atoms with Crippen LogP contribution >= 0.6 is 0 Å². The first-order chi connectivity index (χ1) is 13.4. The van der Waals surface area contributed by atoms with Gasteiger partial charge in [0.25, 0.3) is 0 Å². The summed E-state index contributed by atoms with van der Waals surface area (Å²) >= 11 is 0. The van der Waals surface area contributed by atoms with Crippen LogP contribution in [-0.2, 0) is 26.2 Å². The summed E-state index contributed by atoms with van der Waals surface area (Å²) < 4.78 is 36.6. The quantitative estimate of drug-likeness (QED) is 0.704. The Morgan fingerprint density at radius 2 is 1.71 bits per heavy atom. The maximum Gasteiger partial charge on any atom is 0.243 e. The van der Waals surface area contributed by atoms with Crippen molar-refractivity contribution in [2.75, 3.05) is 43.4 Å². The molecule has 3 rings (SSSR count). The molecule has 2 aromatic carbocycles. The molecule has 0 N–H and O–H groups in total. The van der Waals surface area contributed by atoms with Gasteiger partial charge in [-0.25, -0.2) is 8.42 Å². The third-order valence-electron chi connectivity index (χ3n) is 4.42. The van der Waals surface area contributed by atoms with Gasteiger partial charge in [0, 0.05) is 13.1 Å². The Labute approximate surface area is 165 Å². The highest BCUT2D eigenvalue weighted by Gasteiger charge is 2.25. The van der Waals surface area contributed by atoms with E-state index >= 15 is 0 Å². The second kappa shape index (κ2) is 9.07. The van der Waals surface area contributed by atoms with E-state index in [1.165, 1.54) is 0 Å². The summed E-state index contributed by atoms with van der Waals surface area (Å²) in [6, 6.07) is 16.5. The molecule has 1 aliphatic heterocycles. The lowest BCUT2D eigenvalue weighted by molar-refractivity contribution is -0.133. The Kier molecular flexibility index (Phi) is 6.53. The highest BCUT2D eigenvalue weighted by Crippen LogP contribution is 2.22. The number of hydrogen-bond acceptors (Lipinski definition) is 5. The number of carbonyl (C=O) groups is 1. The molecule has 1 aliphatic rings. The maximum absolute atomic E-state index is 12.5. The van der Waals surface area contributed by atoms with Crippen molar-refractivity contribution in [3.63, 3.8) is 0 Å². The Morgan fingerprint density at radius 1 is 1.07 bits per heavy atom. The van der Waals surface area contributed by atoms with Gasteiger partial charge in [-0.2, -0.15) is 0 Å². The van der Waals surface area contributed by atoms with Gasteiger partial charge < -0.3 is 14.4 Å².